The number of piperidine rings is 1. The first kappa shape index (κ1) is 17.9. The first-order valence-electron chi connectivity index (χ1n) is 9.73. The predicted molar refractivity (Wildman–Crippen MR) is 102 cm³/mol. The molecule has 0 aliphatic carbocycles. The maximum absolute atomic E-state index is 4.52. The molecule has 0 spiro atoms. The molecule has 0 aromatic carbocycles. The average Bonchev–Trinajstić information content (AvgIpc) is 3.39. The maximum atomic E-state index is 4.52. The van der Waals surface area contributed by atoms with Crippen LogP contribution >= 0.6 is 0 Å². The molecule has 1 saturated heterocycles. The van der Waals surface area contributed by atoms with E-state index in [0.717, 1.165) is 63.0 Å². The van der Waals surface area contributed by atoms with Gasteiger partial charge in [0.05, 0.1) is 12.7 Å². The van der Waals surface area contributed by atoms with Crippen molar-refractivity contribution < 1.29 is 0 Å². The molecule has 0 amide bonds. The number of aromatic nitrogens is 7. The van der Waals surface area contributed by atoms with Crippen LogP contribution in [0.1, 0.15) is 48.7 Å². The lowest BCUT2D eigenvalue weighted by Gasteiger charge is -2.31. The summed E-state index contributed by atoms with van der Waals surface area (Å²) in [5, 5.41) is 13.3. The monoisotopic (exact) mass is 368 g/mol. The Balaban J connectivity index is 1.36. The van der Waals surface area contributed by atoms with Gasteiger partial charge in [-0.2, -0.15) is 5.10 Å². The number of nitrogens with zero attached hydrogens (tertiary/aromatic N) is 8. The van der Waals surface area contributed by atoms with Gasteiger partial charge in [0.2, 0.25) is 0 Å². The van der Waals surface area contributed by atoms with Crippen molar-refractivity contribution in [3.05, 3.63) is 47.8 Å². The van der Waals surface area contributed by atoms with E-state index in [9.17, 15) is 0 Å². The van der Waals surface area contributed by atoms with Crippen molar-refractivity contribution in [1.82, 2.24) is 39.0 Å². The fourth-order valence-corrected chi connectivity index (χ4v) is 3.86. The van der Waals surface area contributed by atoms with E-state index in [2.05, 4.69) is 54.5 Å². The van der Waals surface area contributed by atoms with Gasteiger partial charge in [0, 0.05) is 50.2 Å². The minimum atomic E-state index is 0.481. The van der Waals surface area contributed by atoms with Gasteiger partial charge in [-0.25, -0.2) is 4.98 Å². The zero-order valence-electron chi connectivity index (χ0n) is 16.4. The highest BCUT2D eigenvalue weighted by molar-refractivity contribution is 5.07. The molecule has 0 bridgehead atoms. The van der Waals surface area contributed by atoms with E-state index in [0.29, 0.717) is 5.92 Å². The van der Waals surface area contributed by atoms with Gasteiger partial charge in [-0.15, -0.1) is 10.2 Å². The van der Waals surface area contributed by atoms with E-state index in [1.54, 1.807) is 0 Å². The largest absolute Gasteiger partial charge is 0.328 e. The van der Waals surface area contributed by atoms with Crippen LogP contribution in [0.3, 0.4) is 0 Å². The molecule has 8 nitrogen and oxygen atoms in total. The molecule has 0 radical (unpaired) electrons. The van der Waals surface area contributed by atoms with Gasteiger partial charge in [-0.1, -0.05) is 0 Å². The van der Waals surface area contributed by atoms with Crippen LogP contribution in [0, 0.1) is 6.92 Å². The molecular formula is C19H28N8. The Bertz CT molecular complexity index is 881. The molecule has 0 saturated carbocycles. The molecule has 1 fully saturated rings. The third kappa shape index (κ3) is 3.80. The van der Waals surface area contributed by atoms with E-state index >= 15 is 0 Å². The Morgan fingerprint density at radius 2 is 1.96 bits per heavy atom. The minimum absolute atomic E-state index is 0.481. The number of rotatable bonds is 6. The summed E-state index contributed by atoms with van der Waals surface area (Å²) in [4.78, 5) is 6.80. The summed E-state index contributed by atoms with van der Waals surface area (Å²) in [6.07, 6.45) is 10.2. The molecule has 3 aromatic heterocycles. The van der Waals surface area contributed by atoms with Crippen LogP contribution in [0.2, 0.25) is 0 Å². The molecule has 4 rings (SSSR count). The van der Waals surface area contributed by atoms with Crippen LogP contribution in [-0.2, 0) is 26.7 Å². The maximum Gasteiger partial charge on any atom is 0.152 e. The van der Waals surface area contributed by atoms with E-state index in [4.69, 9.17) is 0 Å². The zero-order chi connectivity index (χ0) is 18.8. The smallest absolute Gasteiger partial charge is 0.152 e. The van der Waals surface area contributed by atoms with Crippen LogP contribution < -0.4 is 0 Å². The Morgan fingerprint density at radius 1 is 1.15 bits per heavy atom. The molecule has 144 valence electrons. The van der Waals surface area contributed by atoms with Gasteiger partial charge in [-0.3, -0.25) is 9.58 Å². The highest BCUT2D eigenvalue weighted by Gasteiger charge is 2.25. The summed E-state index contributed by atoms with van der Waals surface area (Å²) in [7, 11) is 2.09. The Morgan fingerprint density at radius 3 is 2.63 bits per heavy atom. The number of hydrogen-bond donors (Lipinski definition) is 0. The van der Waals surface area contributed by atoms with Gasteiger partial charge in [-0.05, 0) is 39.8 Å². The first-order chi connectivity index (χ1) is 13.1. The second kappa shape index (κ2) is 7.64. The first-order valence-corrected chi connectivity index (χ1v) is 9.73. The van der Waals surface area contributed by atoms with Crippen molar-refractivity contribution in [3.63, 3.8) is 0 Å². The van der Waals surface area contributed by atoms with Gasteiger partial charge in [0.25, 0.3) is 0 Å². The number of imidazole rings is 1. The predicted octanol–water partition coefficient (Wildman–Crippen LogP) is 1.96. The fourth-order valence-electron chi connectivity index (χ4n) is 3.86. The van der Waals surface area contributed by atoms with E-state index in [1.165, 1.54) is 5.56 Å². The lowest BCUT2D eigenvalue weighted by molar-refractivity contribution is 0.200. The van der Waals surface area contributed by atoms with Crippen LogP contribution in [0.4, 0.5) is 0 Å². The standard InChI is InChI=1S/C19H28N8/c1-4-27-13-16(11-21-27)12-25-8-5-17(6-9-25)19-23-22-18(24(19)3)14-26-10-7-20-15(26)2/h7,10-11,13,17H,4-6,8-9,12,14H2,1-3H3. The van der Waals surface area contributed by atoms with Gasteiger partial charge >= 0.3 is 0 Å². The third-order valence-corrected chi connectivity index (χ3v) is 5.60. The summed E-state index contributed by atoms with van der Waals surface area (Å²) in [5.41, 5.74) is 1.30. The van der Waals surface area contributed by atoms with E-state index in [-0.39, 0.29) is 0 Å². The number of likely N-dealkylation sites (tertiary alicyclic amines) is 1. The molecular weight excluding hydrogens is 340 g/mol. The summed E-state index contributed by atoms with van der Waals surface area (Å²) >= 11 is 0. The molecule has 4 heterocycles. The number of aryl methyl sites for hydroxylation is 2. The normalized spacial score (nSPS) is 16.3. The highest BCUT2D eigenvalue weighted by atomic mass is 15.3. The Kier molecular flexibility index (Phi) is 5.07. The summed E-state index contributed by atoms with van der Waals surface area (Å²) in [6.45, 7) is 8.93. The summed E-state index contributed by atoms with van der Waals surface area (Å²) in [5.74, 6) is 3.58. The van der Waals surface area contributed by atoms with Crippen molar-refractivity contribution in [3.8, 4) is 0 Å². The molecule has 3 aromatic rings. The van der Waals surface area contributed by atoms with Crippen molar-refractivity contribution in [2.75, 3.05) is 13.1 Å². The summed E-state index contributed by atoms with van der Waals surface area (Å²) in [6, 6.07) is 0. The molecule has 1 aliphatic rings. The van der Waals surface area contributed by atoms with Crippen molar-refractivity contribution >= 4 is 0 Å². The zero-order valence-corrected chi connectivity index (χ0v) is 16.4. The van der Waals surface area contributed by atoms with Crippen LogP contribution in [0.25, 0.3) is 0 Å². The second-order valence-corrected chi connectivity index (χ2v) is 7.39. The van der Waals surface area contributed by atoms with Gasteiger partial charge in [0.15, 0.2) is 5.82 Å². The molecule has 0 atom stereocenters. The fraction of sp³-hybridized carbons (Fsp3) is 0.579. The van der Waals surface area contributed by atoms with Crippen LogP contribution in [0.15, 0.2) is 24.8 Å². The molecule has 1 aliphatic heterocycles. The summed E-state index contributed by atoms with van der Waals surface area (Å²) < 4.78 is 6.27. The van der Waals surface area contributed by atoms with Crippen LogP contribution in [-0.4, -0.2) is 52.1 Å². The Hall–Kier alpha value is -2.48. The third-order valence-electron chi connectivity index (χ3n) is 5.60. The lowest BCUT2D eigenvalue weighted by Crippen LogP contribution is -2.33. The molecule has 0 unspecified atom stereocenters. The van der Waals surface area contributed by atoms with E-state index < -0.39 is 0 Å². The quantitative estimate of drug-likeness (QED) is 0.665. The lowest BCUT2D eigenvalue weighted by atomic mass is 9.95. The van der Waals surface area contributed by atoms with Crippen molar-refractivity contribution in [2.45, 2.75) is 52.2 Å². The van der Waals surface area contributed by atoms with Gasteiger partial charge in [0.1, 0.15) is 11.6 Å². The SMILES string of the molecule is CCn1cc(CN2CCC(c3nnc(Cn4ccnc4C)n3C)CC2)cn1. The highest BCUT2D eigenvalue weighted by Crippen LogP contribution is 2.27. The van der Waals surface area contributed by atoms with Crippen molar-refractivity contribution in [1.29, 1.82) is 0 Å². The van der Waals surface area contributed by atoms with Crippen LogP contribution in [0.5, 0.6) is 0 Å². The van der Waals surface area contributed by atoms with E-state index in [1.807, 2.05) is 30.2 Å². The van der Waals surface area contributed by atoms with Gasteiger partial charge < -0.3 is 9.13 Å². The molecule has 0 N–H and O–H groups in total. The number of hydrogen-bond acceptors (Lipinski definition) is 5. The van der Waals surface area contributed by atoms with Crippen molar-refractivity contribution in [2.24, 2.45) is 7.05 Å². The minimum Gasteiger partial charge on any atom is -0.328 e. The molecule has 8 heteroatoms. The Labute approximate surface area is 159 Å². The topological polar surface area (TPSA) is 69.6 Å². The average molecular weight is 368 g/mol. The molecule has 27 heavy (non-hydrogen) atoms. The second-order valence-electron chi connectivity index (χ2n) is 7.39.